The van der Waals surface area contributed by atoms with Crippen molar-refractivity contribution in [2.24, 2.45) is 4.99 Å². The third-order valence-corrected chi connectivity index (χ3v) is 2.71. The summed E-state index contributed by atoms with van der Waals surface area (Å²) < 4.78 is 0.0750. The molecule has 0 saturated heterocycles. The molecule has 0 aliphatic heterocycles. The molecule has 0 radical (unpaired) electrons. The minimum absolute atomic E-state index is 0.0489. The zero-order chi connectivity index (χ0) is 14.0. The summed E-state index contributed by atoms with van der Waals surface area (Å²) in [7, 11) is 0. The maximum Gasteiger partial charge on any atom is 0.264 e. The number of aryl methyl sites for hydroxylation is 2. The number of aromatic nitrogens is 2. The summed E-state index contributed by atoms with van der Waals surface area (Å²) in [5, 5.41) is 9.63. The molecule has 0 aliphatic rings. The number of aromatic amines is 2. The Bertz CT molecular complexity index is 739. The Morgan fingerprint density at radius 1 is 1.21 bits per heavy atom. The number of aliphatic imine (C=N–C) groups is 1. The van der Waals surface area contributed by atoms with Gasteiger partial charge in [-0.3, -0.25) is 14.8 Å². The summed E-state index contributed by atoms with van der Waals surface area (Å²) in [5.74, 6) is -0.290. The summed E-state index contributed by atoms with van der Waals surface area (Å²) in [4.78, 5) is 20.7. The van der Waals surface area contributed by atoms with Crippen molar-refractivity contribution in [3.05, 3.63) is 50.0 Å². The minimum Gasteiger partial charge on any atom is -0.494 e. The molecule has 0 amide bonds. The van der Waals surface area contributed by atoms with Crippen molar-refractivity contribution in [2.75, 3.05) is 0 Å². The van der Waals surface area contributed by atoms with Gasteiger partial charge in [-0.05, 0) is 49.3 Å². The van der Waals surface area contributed by atoms with Gasteiger partial charge in [-0.25, -0.2) is 0 Å². The second-order valence-electron chi connectivity index (χ2n) is 4.27. The molecule has 6 heteroatoms. The summed E-state index contributed by atoms with van der Waals surface area (Å²) in [6, 6.07) is 5.81. The molecule has 0 atom stereocenters. The number of hydrogen-bond donors (Lipinski definition) is 3. The molecule has 2 rings (SSSR count). The van der Waals surface area contributed by atoms with Crippen LogP contribution in [0.1, 0.15) is 16.7 Å². The molecule has 1 aromatic carbocycles. The van der Waals surface area contributed by atoms with E-state index in [1.807, 2.05) is 32.0 Å². The van der Waals surface area contributed by atoms with Crippen LogP contribution in [-0.2, 0) is 0 Å². The zero-order valence-corrected chi connectivity index (χ0v) is 11.3. The van der Waals surface area contributed by atoms with Crippen LogP contribution < -0.4 is 5.56 Å². The molecular formula is C13H13N3O2S. The third kappa shape index (κ3) is 3.17. The van der Waals surface area contributed by atoms with E-state index in [0.29, 0.717) is 0 Å². The average Bonchev–Trinajstić information content (AvgIpc) is 2.25. The molecule has 0 unspecified atom stereocenters. The van der Waals surface area contributed by atoms with Gasteiger partial charge in [-0.15, -0.1) is 0 Å². The fraction of sp³-hybridized carbons (Fsp3) is 0.154. The van der Waals surface area contributed by atoms with Gasteiger partial charge in [-0.1, -0.05) is 6.07 Å². The number of rotatable bonds is 2. The number of H-pyrrole nitrogens is 2. The van der Waals surface area contributed by atoms with Crippen LogP contribution in [0, 0.1) is 18.6 Å². The predicted molar refractivity (Wildman–Crippen MR) is 77.1 cm³/mol. The Kier molecular flexibility index (Phi) is 3.62. The molecule has 0 aliphatic carbocycles. The lowest BCUT2D eigenvalue weighted by molar-refractivity contribution is 0.449. The highest BCUT2D eigenvalue weighted by Crippen LogP contribution is 2.17. The zero-order valence-electron chi connectivity index (χ0n) is 10.5. The smallest absolute Gasteiger partial charge is 0.264 e. The van der Waals surface area contributed by atoms with E-state index >= 15 is 0 Å². The van der Waals surface area contributed by atoms with Crippen molar-refractivity contribution >= 4 is 24.1 Å². The van der Waals surface area contributed by atoms with Gasteiger partial charge < -0.3 is 10.1 Å². The van der Waals surface area contributed by atoms with Crippen LogP contribution in [0.3, 0.4) is 0 Å². The Morgan fingerprint density at radius 2 is 1.84 bits per heavy atom. The lowest BCUT2D eigenvalue weighted by atomic mass is 10.1. The molecule has 19 heavy (non-hydrogen) atoms. The Labute approximate surface area is 114 Å². The highest BCUT2D eigenvalue weighted by molar-refractivity contribution is 7.71. The van der Waals surface area contributed by atoms with E-state index in [4.69, 9.17) is 12.2 Å². The molecule has 0 fully saturated rings. The molecule has 2 aromatic rings. The van der Waals surface area contributed by atoms with Gasteiger partial charge >= 0.3 is 0 Å². The maximum atomic E-state index is 11.6. The lowest BCUT2D eigenvalue weighted by Gasteiger charge is -2.00. The second-order valence-corrected chi connectivity index (χ2v) is 4.68. The van der Waals surface area contributed by atoms with E-state index in [1.165, 1.54) is 6.21 Å². The highest BCUT2D eigenvalue weighted by Gasteiger charge is 2.04. The van der Waals surface area contributed by atoms with Gasteiger partial charge in [0.05, 0.1) is 5.69 Å². The van der Waals surface area contributed by atoms with Crippen LogP contribution in [0.4, 0.5) is 5.69 Å². The fourth-order valence-electron chi connectivity index (χ4n) is 1.77. The van der Waals surface area contributed by atoms with Crippen molar-refractivity contribution in [3.63, 3.8) is 0 Å². The Hall–Kier alpha value is -2.21. The normalized spacial score (nSPS) is 11.1. The average molecular weight is 275 g/mol. The van der Waals surface area contributed by atoms with Crippen LogP contribution >= 0.6 is 12.2 Å². The van der Waals surface area contributed by atoms with Crippen LogP contribution in [0.15, 0.2) is 28.0 Å². The quantitative estimate of drug-likeness (QED) is 0.582. The molecule has 1 heterocycles. The van der Waals surface area contributed by atoms with E-state index < -0.39 is 5.56 Å². The topological polar surface area (TPSA) is 81.2 Å². The third-order valence-electron chi connectivity index (χ3n) is 2.51. The standard InChI is InChI=1S/C13H13N3O2S/c1-7-3-8(2)5-9(4-7)14-6-10-11(17)15-13(19)16-12(10)18/h3-6H,1-2H3,(H3,15,16,17,18,19). The number of nitrogens with zero attached hydrogens (tertiary/aromatic N) is 1. The van der Waals surface area contributed by atoms with Gasteiger partial charge in [0.25, 0.3) is 5.56 Å². The number of benzene rings is 1. The van der Waals surface area contributed by atoms with E-state index in [1.54, 1.807) is 0 Å². The summed E-state index contributed by atoms with van der Waals surface area (Å²) >= 11 is 4.74. The molecule has 1 aromatic heterocycles. The molecule has 0 saturated carbocycles. The van der Waals surface area contributed by atoms with E-state index in [-0.39, 0.29) is 16.2 Å². The van der Waals surface area contributed by atoms with Crippen LogP contribution in [0.2, 0.25) is 0 Å². The van der Waals surface area contributed by atoms with Crippen molar-refractivity contribution in [1.29, 1.82) is 0 Å². The van der Waals surface area contributed by atoms with Crippen LogP contribution in [0.5, 0.6) is 5.88 Å². The molecule has 3 N–H and O–H groups in total. The summed E-state index contributed by atoms with van der Waals surface area (Å²) in [6.07, 6.45) is 1.31. The number of aromatic hydroxyl groups is 1. The molecule has 98 valence electrons. The lowest BCUT2D eigenvalue weighted by Crippen LogP contribution is -2.13. The monoisotopic (exact) mass is 275 g/mol. The van der Waals surface area contributed by atoms with E-state index in [2.05, 4.69) is 15.0 Å². The summed E-state index contributed by atoms with van der Waals surface area (Å²) in [6.45, 7) is 3.94. The van der Waals surface area contributed by atoms with Crippen molar-refractivity contribution in [2.45, 2.75) is 13.8 Å². The van der Waals surface area contributed by atoms with Crippen molar-refractivity contribution < 1.29 is 5.11 Å². The van der Waals surface area contributed by atoms with E-state index in [0.717, 1.165) is 16.8 Å². The maximum absolute atomic E-state index is 11.6. The second kappa shape index (κ2) is 5.19. The molecular weight excluding hydrogens is 262 g/mol. The van der Waals surface area contributed by atoms with Gasteiger partial charge in [0.15, 0.2) is 4.77 Å². The largest absolute Gasteiger partial charge is 0.494 e. The van der Waals surface area contributed by atoms with E-state index in [9.17, 15) is 9.90 Å². The Morgan fingerprint density at radius 3 is 2.42 bits per heavy atom. The van der Waals surface area contributed by atoms with Gasteiger partial charge in [0.2, 0.25) is 5.88 Å². The van der Waals surface area contributed by atoms with Crippen molar-refractivity contribution in [1.82, 2.24) is 9.97 Å². The minimum atomic E-state index is -0.477. The SMILES string of the molecule is Cc1cc(C)cc(N=Cc2c(O)[nH]c(=S)[nH]c2=O)c1. The predicted octanol–water partition coefficient (Wildman–Crippen LogP) is 2.51. The number of hydrogen-bond acceptors (Lipinski definition) is 4. The van der Waals surface area contributed by atoms with Gasteiger partial charge in [0, 0.05) is 6.21 Å². The van der Waals surface area contributed by atoms with Gasteiger partial charge in [-0.2, -0.15) is 0 Å². The molecule has 0 bridgehead atoms. The Balaban J connectivity index is 2.43. The molecule has 5 nitrogen and oxygen atoms in total. The van der Waals surface area contributed by atoms with Crippen LogP contribution in [0.25, 0.3) is 0 Å². The first kappa shape index (κ1) is 13.2. The first-order valence-electron chi connectivity index (χ1n) is 5.63. The first-order valence-corrected chi connectivity index (χ1v) is 6.04. The fourth-order valence-corrected chi connectivity index (χ4v) is 1.96. The van der Waals surface area contributed by atoms with Gasteiger partial charge in [0.1, 0.15) is 5.56 Å². The highest BCUT2D eigenvalue weighted by atomic mass is 32.1. The summed E-state index contributed by atoms with van der Waals surface area (Å²) in [5.41, 5.74) is 2.45. The molecule has 0 spiro atoms. The first-order chi connectivity index (χ1) is 8.95. The van der Waals surface area contributed by atoms with Crippen LogP contribution in [-0.4, -0.2) is 21.3 Å². The van der Waals surface area contributed by atoms with Crippen molar-refractivity contribution in [3.8, 4) is 5.88 Å². The number of nitrogens with one attached hydrogen (secondary N) is 2.